The van der Waals surface area contributed by atoms with Crippen molar-refractivity contribution in [2.45, 2.75) is 0 Å². The predicted octanol–water partition coefficient (Wildman–Crippen LogP) is 3.77. The van der Waals surface area contributed by atoms with E-state index in [1.54, 1.807) is 24.3 Å². The van der Waals surface area contributed by atoms with Gasteiger partial charge in [0, 0.05) is 0 Å². The van der Waals surface area contributed by atoms with Gasteiger partial charge in [0.05, 0.1) is 15.6 Å². The zero-order valence-electron chi connectivity index (χ0n) is 10.4. The number of aliphatic carboxylic acids is 1. The highest BCUT2D eigenvalue weighted by Gasteiger charge is 2.16. The van der Waals surface area contributed by atoms with E-state index in [2.05, 4.69) is 5.32 Å². The van der Waals surface area contributed by atoms with E-state index in [4.69, 9.17) is 33.0 Å². The van der Waals surface area contributed by atoms with E-state index >= 15 is 0 Å². The second-order valence-electron chi connectivity index (χ2n) is 3.87. The monoisotopic (exact) mass is 345 g/mol. The summed E-state index contributed by atoms with van der Waals surface area (Å²) in [6, 6.07) is 7.97. The van der Waals surface area contributed by atoms with Gasteiger partial charge in [-0.05, 0) is 18.2 Å². The van der Waals surface area contributed by atoms with Crippen LogP contribution in [0.2, 0.25) is 8.67 Å². The second kappa shape index (κ2) is 6.80. The van der Waals surface area contributed by atoms with Crippen LogP contribution in [-0.2, 0) is 4.79 Å². The Morgan fingerprint density at radius 3 is 2.62 bits per heavy atom. The highest BCUT2D eigenvalue weighted by Crippen LogP contribution is 2.32. The number of benzene rings is 1. The van der Waals surface area contributed by atoms with Crippen LogP contribution in [0.1, 0.15) is 10.4 Å². The molecule has 0 spiro atoms. The maximum absolute atomic E-state index is 12.1. The first-order chi connectivity index (χ1) is 9.97. The number of hydrogen-bond donors (Lipinski definition) is 2. The van der Waals surface area contributed by atoms with Crippen LogP contribution in [0.3, 0.4) is 0 Å². The molecule has 0 unspecified atom stereocenters. The van der Waals surface area contributed by atoms with E-state index in [9.17, 15) is 9.59 Å². The number of para-hydroxylation sites is 2. The minimum Gasteiger partial charge on any atom is -0.480 e. The molecule has 110 valence electrons. The summed E-state index contributed by atoms with van der Waals surface area (Å²) in [6.45, 7) is -0.502. The number of thiophene rings is 1. The maximum atomic E-state index is 12.1. The van der Waals surface area contributed by atoms with Crippen molar-refractivity contribution in [2.24, 2.45) is 0 Å². The number of amides is 1. The lowest BCUT2D eigenvalue weighted by Crippen LogP contribution is -2.14. The van der Waals surface area contributed by atoms with Gasteiger partial charge in [-0.3, -0.25) is 4.79 Å². The molecule has 0 fully saturated rings. The molecule has 1 aromatic carbocycles. The molecule has 0 saturated heterocycles. The van der Waals surface area contributed by atoms with Gasteiger partial charge < -0.3 is 15.2 Å². The van der Waals surface area contributed by atoms with E-state index in [0.717, 1.165) is 11.3 Å². The van der Waals surface area contributed by atoms with Crippen LogP contribution >= 0.6 is 34.5 Å². The Balaban J connectivity index is 2.17. The van der Waals surface area contributed by atoms with Crippen LogP contribution in [0.25, 0.3) is 0 Å². The van der Waals surface area contributed by atoms with E-state index in [1.807, 2.05) is 0 Å². The number of ether oxygens (including phenoxy) is 1. The summed E-state index contributed by atoms with van der Waals surface area (Å²) >= 11 is 12.8. The molecule has 21 heavy (non-hydrogen) atoms. The molecule has 1 heterocycles. The van der Waals surface area contributed by atoms with E-state index in [1.165, 1.54) is 6.07 Å². The Kier molecular flexibility index (Phi) is 5.06. The Hall–Kier alpha value is -1.76. The molecule has 0 bridgehead atoms. The number of carbonyl (C=O) groups excluding carboxylic acids is 1. The average molecular weight is 346 g/mol. The molecule has 0 aliphatic carbocycles. The molecule has 2 N–H and O–H groups in total. The molecule has 2 rings (SSSR count). The topological polar surface area (TPSA) is 75.6 Å². The van der Waals surface area contributed by atoms with Crippen molar-refractivity contribution in [2.75, 3.05) is 11.9 Å². The van der Waals surface area contributed by atoms with Crippen LogP contribution in [0.15, 0.2) is 30.3 Å². The van der Waals surface area contributed by atoms with Crippen molar-refractivity contribution in [3.05, 3.63) is 44.6 Å². The molecular formula is C13H9Cl2NO4S. The van der Waals surface area contributed by atoms with Gasteiger partial charge in [-0.2, -0.15) is 0 Å². The number of nitrogens with one attached hydrogen (secondary N) is 1. The van der Waals surface area contributed by atoms with Crippen LogP contribution in [-0.4, -0.2) is 23.6 Å². The lowest BCUT2D eigenvalue weighted by atomic mass is 10.2. The third-order valence-electron chi connectivity index (χ3n) is 2.39. The van der Waals surface area contributed by atoms with E-state index in [-0.39, 0.29) is 15.6 Å². The number of carboxylic acids is 1. The van der Waals surface area contributed by atoms with Crippen molar-refractivity contribution >= 4 is 52.1 Å². The predicted molar refractivity (Wildman–Crippen MR) is 81.9 cm³/mol. The fourth-order valence-corrected chi connectivity index (χ4v) is 2.98. The van der Waals surface area contributed by atoms with E-state index < -0.39 is 18.5 Å². The third kappa shape index (κ3) is 4.10. The first-order valence-corrected chi connectivity index (χ1v) is 7.24. The van der Waals surface area contributed by atoms with Gasteiger partial charge in [0.2, 0.25) is 0 Å². The van der Waals surface area contributed by atoms with Gasteiger partial charge in [0.1, 0.15) is 10.1 Å². The Labute approximate surface area is 134 Å². The molecule has 8 heteroatoms. The smallest absolute Gasteiger partial charge is 0.341 e. The van der Waals surface area contributed by atoms with Crippen LogP contribution in [0, 0.1) is 0 Å². The van der Waals surface area contributed by atoms with Crippen molar-refractivity contribution < 1.29 is 19.4 Å². The van der Waals surface area contributed by atoms with Crippen molar-refractivity contribution in [3.63, 3.8) is 0 Å². The van der Waals surface area contributed by atoms with Gasteiger partial charge in [-0.25, -0.2) is 4.79 Å². The fraction of sp³-hybridized carbons (Fsp3) is 0.0769. The van der Waals surface area contributed by atoms with Crippen LogP contribution < -0.4 is 10.1 Å². The second-order valence-corrected chi connectivity index (χ2v) is 6.16. The van der Waals surface area contributed by atoms with Crippen molar-refractivity contribution in [3.8, 4) is 5.75 Å². The Bertz CT molecular complexity index is 687. The summed E-state index contributed by atoms with van der Waals surface area (Å²) in [4.78, 5) is 22.7. The molecule has 1 amide bonds. The number of halogens is 2. The van der Waals surface area contributed by atoms with E-state index in [0.29, 0.717) is 10.0 Å². The average Bonchev–Trinajstić information content (AvgIpc) is 2.76. The van der Waals surface area contributed by atoms with Gasteiger partial charge in [0.15, 0.2) is 6.61 Å². The molecule has 0 aliphatic rings. The maximum Gasteiger partial charge on any atom is 0.341 e. The normalized spacial score (nSPS) is 10.2. The SMILES string of the molecule is O=C(O)COc1ccccc1NC(=O)c1cc(Cl)sc1Cl. The van der Waals surface area contributed by atoms with Crippen LogP contribution in [0.4, 0.5) is 5.69 Å². The first kappa shape index (κ1) is 15.6. The minimum atomic E-state index is -1.11. The summed E-state index contributed by atoms with van der Waals surface area (Å²) in [5.74, 6) is -1.30. The first-order valence-electron chi connectivity index (χ1n) is 5.67. The van der Waals surface area contributed by atoms with Crippen molar-refractivity contribution in [1.29, 1.82) is 0 Å². The molecule has 1 aromatic heterocycles. The Morgan fingerprint density at radius 2 is 2.00 bits per heavy atom. The highest BCUT2D eigenvalue weighted by atomic mass is 35.5. The van der Waals surface area contributed by atoms with Gasteiger partial charge in [0.25, 0.3) is 5.91 Å². The highest BCUT2D eigenvalue weighted by molar-refractivity contribution is 7.20. The summed E-state index contributed by atoms with van der Waals surface area (Å²) in [5.41, 5.74) is 0.599. The summed E-state index contributed by atoms with van der Waals surface area (Å²) < 4.78 is 5.78. The van der Waals surface area contributed by atoms with Crippen LogP contribution in [0.5, 0.6) is 5.75 Å². The quantitative estimate of drug-likeness (QED) is 0.864. The molecule has 0 saturated carbocycles. The molecule has 2 aromatic rings. The Morgan fingerprint density at radius 1 is 1.29 bits per heavy atom. The molecule has 5 nitrogen and oxygen atoms in total. The summed E-state index contributed by atoms with van der Waals surface area (Å²) in [5, 5.41) is 11.2. The van der Waals surface area contributed by atoms with Gasteiger partial charge in [-0.1, -0.05) is 35.3 Å². The van der Waals surface area contributed by atoms with Crippen molar-refractivity contribution in [1.82, 2.24) is 0 Å². The molecule has 0 aliphatic heterocycles. The number of carboxylic acid groups (broad SMARTS) is 1. The van der Waals surface area contributed by atoms with Gasteiger partial charge >= 0.3 is 5.97 Å². The number of rotatable bonds is 5. The fourth-order valence-electron chi connectivity index (χ4n) is 1.52. The molecular weight excluding hydrogens is 337 g/mol. The number of hydrogen-bond acceptors (Lipinski definition) is 4. The summed E-state index contributed by atoms with van der Waals surface area (Å²) in [7, 11) is 0. The zero-order chi connectivity index (χ0) is 15.4. The zero-order valence-corrected chi connectivity index (χ0v) is 12.8. The number of carbonyl (C=O) groups is 2. The summed E-state index contributed by atoms with van der Waals surface area (Å²) in [6.07, 6.45) is 0. The lowest BCUT2D eigenvalue weighted by molar-refractivity contribution is -0.139. The third-order valence-corrected chi connectivity index (χ3v) is 3.88. The molecule has 0 atom stereocenters. The standard InChI is InChI=1S/C13H9Cl2NO4S/c14-10-5-7(12(15)21-10)13(19)16-8-3-1-2-4-9(8)20-6-11(17)18/h1-5H,6H2,(H,16,19)(H,17,18). The lowest BCUT2D eigenvalue weighted by Gasteiger charge is -2.10. The number of anilines is 1. The van der Waals surface area contributed by atoms with Gasteiger partial charge in [-0.15, -0.1) is 11.3 Å². The molecule has 0 radical (unpaired) electrons. The largest absolute Gasteiger partial charge is 0.480 e. The minimum absolute atomic E-state index is 0.250.